The SMILES string of the molecule is CC(CCn1cccn1)NC(=O)Cc1ccsc1. The van der Waals surface area contributed by atoms with Gasteiger partial charge in [0.25, 0.3) is 0 Å². The van der Waals surface area contributed by atoms with Crippen LogP contribution in [-0.2, 0) is 17.8 Å². The van der Waals surface area contributed by atoms with Gasteiger partial charge in [-0.1, -0.05) is 0 Å². The first-order valence-corrected chi connectivity index (χ1v) is 6.96. The van der Waals surface area contributed by atoms with Gasteiger partial charge in [-0.2, -0.15) is 16.4 Å². The summed E-state index contributed by atoms with van der Waals surface area (Å²) in [6.45, 7) is 2.85. The summed E-state index contributed by atoms with van der Waals surface area (Å²) in [6.07, 6.45) is 5.05. The molecule has 0 aliphatic heterocycles. The molecule has 1 unspecified atom stereocenters. The van der Waals surface area contributed by atoms with Gasteiger partial charge in [0.1, 0.15) is 0 Å². The largest absolute Gasteiger partial charge is 0.353 e. The highest BCUT2D eigenvalue weighted by molar-refractivity contribution is 7.07. The fourth-order valence-corrected chi connectivity index (χ4v) is 2.40. The second-order valence-electron chi connectivity index (χ2n) is 4.33. The van der Waals surface area contributed by atoms with E-state index in [0.717, 1.165) is 18.5 Å². The van der Waals surface area contributed by atoms with E-state index in [-0.39, 0.29) is 11.9 Å². The van der Waals surface area contributed by atoms with Gasteiger partial charge in [-0.3, -0.25) is 9.48 Å². The average Bonchev–Trinajstić information content (AvgIpc) is 2.98. The molecule has 0 aromatic carbocycles. The zero-order valence-corrected chi connectivity index (χ0v) is 11.2. The van der Waals surface area contributed by atoms with E-state index >= 15 is 0 Å². The summed E-state index contributed by atoms with van der Waals surface area (Å²) < 4.78 is 1.88. The molecule has 96 valence electrons. The number of hydrogen-bond acceptors (Lipinski definition) is 3. The Morgan fingerprint density at radius 2 is 2.50 bits per heavy atom. The van der Waals surface area contributed by atoms with Crippen molar-refractivity contribution in [1.82, 2.24) is 15.1 Å². The van der Waals surface area contributed by atoms with Gasteiger partial charge in [-0.25, -0.2) is 0 Å². The summed E-state index contributed by atoms with van der Waals surface area (Å²) in [6, 6.07) is 4.05. The van der Waals surface area contributed by atoms with Gasteiger partial charge in [0.05, 0.1) is 6.42 Å². The van der Waals surface area contributed by atoms with Gasteiger partial charge >= 0.3 is 0 Å². The maximum absolute atomic E-state index is 11.8. The summed E-state index contributed by atoms with van der Waals surface area (Å²) in [7, 11) is 0. The Kier molecular flexibility index (Phi) is 4.52. The predicted octanol–water partition coefficient (Wildman–Crippen LogP) is 2.08. The van der Waals surface area contributed by atoms with E-state index in [4.69, 9.17) is 0 Å². The molecular formula is C13H17N3OS. The lowest BCUT2D eigenvalue weighted by atomic mass is 10.2. The Hall–Kier alpha value is -1.62. The third-order valence-electron chi connectivity index (χ3n) is 2.70. The quantitative estimate of drug-likeness (QED) is 0.867. The van der Waals surface area contributed by atoms with Crippen molar-refractivity contribution in [3.8, 4) is 0 Å². The van der Waals surface area contributed by atoms with Crippen LogP contribution in [0.5, 0.6) is 0 Å². The minimum atomic E-state index is 0.0846. The molecule has 0 saturated heterocycles. The average molecular weight is 263 g/mol. The molecule has 1 atom stereocenters. The van der Waals surface area contributed by atoms with Crippen LogP contribution in [0.15, 0.2) is 35.3 Å². The van der Waals surface area contributed by atoms with Crippen LogP contribution >= 0.6 is 11.3 Å². The fourth-order valence-electron chi connectivity index (χ4n) is 1.74. The number of carbonyl (C=O) groups excluding carboxylic acids is 1. The molecule has 4 nitrogen and oxygen atoms in total. The lowest BCUT2D eigenvalue weighted by Gasteiger charge is -2.13. The van der Waals surface area contributed by atoms with Gasteiger partial charge in [0.2, 0.25) is 5.91 Å². The number of amides is 1. The number of aryl methyl sites for hydroxylation is 1. The van der Waals surface area contributed by atoms with Crippen LogP contribution in [0, 0.1) is 0 Å². The van der Waals surface area contributed by atoms with Crippen molar-refractivity contribution in [1.29, 1.82) is 0 Å². The molecule has 0 bridgehead atoms. The van der Waals surface area contributed by atoms with Gasteiger partial charge in [-0.15, -0.1) is 0 Å². The molecule has 2 heterocycles. The summed E-state index contributed by atoms with van der Waals surface area (Å²) in [5, 5.41) is 11.1. The third kappa shape index (κ3) is 4.00. The molecule has 5 heteroatoms. The lowest BCUT2D eigenvalue weighted by molar-refractivity contribution is -0.121. The lowest BCUT2D eigenvalue weighted by Crippen LogP contribution is -2.34. The van der Waals surface area contributed by atoms with E-state index in [1.165, 1.54) is 0 Å². The molecule has 0 saturated carbocycles. The molecule has 18 heavy (non-hydrogen) atoms. The maximum atomic E-state index is 11.8. The highest BCUT2D eigenvalue weighted by atomic mass is 32.1. The minimum Gasteiger partial charge on any atom is -0.353 e. The highest BCUT2D eigenvalue weighted by Gasteiger charge is 2.08. The summed E-state index contributed by atoms with van der Waals surface area (Å²) in [5.74, 6) is 0.0846. The fraction of sp³-hybridized carbons (Fsp3) is 0.385. The number of thiophene rings is 1. The third-order valence-corrected chi connectivity index (χ3v) is 3.43. The zero-order valence-electron chi connectivity index (χ0n) is 10.4. The van der Waals surface area contributed by atoms with E-state index in [1.807, 2.05) is 40.7 Å². The molecule has 0 spiro atoms. The second kappa shape index (κ2) is 6.35. The van der Waals surface area contributed by atoms with E-state index in [1.54, 1.807) is 17.5 Å². The maximum Gasteiger partial charge on any atom is 0.224 e. The first-order valence-electron chi connectivity index (χ1n) is 6.02. The van der Waals surface area contributed by atoms with Crippen molar-refractivity contribution in [2.45, 2.75) is 32.4 Å². The van der Waals surface area contributed by atoms with Crippen LogP contribution < -0.4 is 5.32 Å². The molecule has 2 aromatic heterocycles. The number of carbonyl (C=O) groups is 1. The minimum absolute atomic E-state index is 0.0846. The first-order chi connectivity index (χ1) is 8.74. The zero-order chi connectivity index (χ0) is 12.8. The van der Waals surface area contributed by atoms with Crippen molar-refractivity contribution in [3.05, 3.63) is 40.8 Å². The summed E-state index contributed by atoms with van der Waals surface area (Å²) in [5.41, 5.74) is 1.08. The summed E-state index contributed by atoms with van der Waals surface area (Å²) in [4.78, 5) is 11.8. The Morgan fingerprint density at radius 1 is 1.61 bits per heavy atom. The molecule has 2 rings (SSSR count). The number of hydrogen-bond donors (Lipinski definition) is 1. The molecule has 0 aliphatic rings. The van der Waals surface area contributed by atoms with Crippen LogP contribution in [0.2, 0.25) is 0 Å². The molecule has 0 aliphatic carbocycles. The Balaban J connectivity index is 1.70. The van der Waals surface area contributed by atoms with Crippen molar-refractivity contribution in [2.24, 2.45) is 0 Å². The number of nitrogens with zero attached hydrogens (tertiary/aromatic N) is 2. The van der Waals surface area contributed by atoms with E-state index in [9.17, 15) is 4.79 Å². The van der Waals surface area contributed by atoms with Crippen LogP contribution in [0.4, 0.5) is 0 Å². The number of aromatic nitrogens is 2. The van der Waals surface area contributed by atoms with Crippen molar-refractivity contribution < 1.29 is 4.79 Å². The smallest absolute Gasteiger partial charge is 0.224 e. The van der Waals surface area contributed by atoms with E-state index in [0.29, 0.717) is 6.42 Å². The van der Waals surface area contributed by atoms with Gasteiger partial charge < -0.3 is 5.32 Å². The predicted molar refractivity (Wildman–Crippen MR) is 72.5 cm³/mol. The van der Waals surface area contributed by atoms with Crippen LogP contribution in [0.3, 0.4) is 0 Å². The molecule has 1 amide bonds. The summed E-state index contributed by atoms with van der Waals surface area (Å²) >= 11 is 1.62. The van der Waals surface area contributed by atoms with Gasteiger partial charge in [0.15, 0.2) is 0 Å². The van der Waals surface area contributed by atoms with Crippen LogP contribution in [-0.4, -0.2) is 21.7 Å². The van der Waals surface area contributed by atoms with E-state index < -0.39 is 0 Å². The Morgan fingerprint density at radius 3 is 3.17 bits per heavy atom. The van der Waals surface area contributed by atoms with E-state index in [2.05, 4.69) is 10.4 Å². The normalized spacial score (nSPS) is 12.3. The first kappa shape index (κ1) is 12.8. The van der Waals surface area contributed by atoms with Crippen molar-refractivity contribution in [2.75, 3.05) is 0 Å². The van der Waals surface area contributed by atoms with Crippen molar-refractivity contribution in [3.63, 3.8) is 0 Å². The molecular weight excluding hydrogens is 246 g/mol. The Labute approximate surface area is 111 Å². The molecule has 1 N–H and O–H groups in total. The van der Waals surface area contributed by atoms with Gasteiger partial charge in [-0.05, 0) is 41.8 Å². The number of rotatable bonds is 6. The highest BCUT2D eigenvalue weighted by Crippen LogP contribution is 2.06. The van der Waals surface area contributed by atoms with Crippen LogP contribution in [0.25, 0.3) is 0 Å². The molecule has 0 radical (unpaired) electrons. The number of nitrogens with one attached hydrogen (secondary N) is 1. The van der Waals surface area contributed by atoms with Crippen LogP contribution in [0.1, 0.15) is 18.9 Å². The molecule has 2 aromatic rings. The van der Waals surface area contributed by atoms with Gasteiger partial charge in [0, 0.05) is 25.0 Å². The monoisotopic (exact) mass is 263 g/mol. The standard InChI is InChI=1S/C13H17N3OS/c1-11(3-7-16-6-2-5-14-16)15-13(17)9-12-4-8-18-10-12/h2,4-6,8,10-11H,3,7,9H2,1H3,(H,15,17). The molecule has 0 fully saturated rings. The Bertz CT molecular complexity index is 464. The second-order valence-corrected chi connectivity index (χ2v) is 5.11. The topological polar surface area (TPSA) is 46.9 Å². The van der Waals surface area contributed by atoms with Crippen molar-refractivity contribution >= 4 is 17.2 Å².